The lowest BCUT2D eigenvalue weighted by Crippen LogP contribution is -2.43. The van der Waals surface area contributed by atoms with Crippen molar-refractivity contribution in [3.8, 4) is 11.1 Å². The number of carbonyl (C=O) groups is 1. The molecule has 186 valence electrons. The van der Waals surface area contributed by atoms with Crippen LogP contribution in [0.5, 0.6) is 0 Å². The lowest BCUT2D eigenvalue weighted by Gasteiger charge is -2.34. The van der Waals surface area contributed by atoms with Crippen LogP contribution in [0.4, 0.5) is 8.78 Å². The molecule has 1 unspecified atom stereocenters. The molecule has 0 aromatic heterocycles. The molecule has 0 saturated heterocycles. The van der Waals surface area contributed by atoms with Crippen LogP contribution in [-0.4, -0.2) is 5.78 Å². The van der Waals surface area contributed by atoms with Crippen molar-refractivity contribution in [3.63, 3.8) is 0 Å². The molecule has 0 saturated carbocycles. The number of benzene rings is 3. The van der Waals surface area contributed by atoms with E-state index in [4.69, 9.17) is 0 Å². The third-order valence-electron chi connectivity index (χ3n) is 7.21. The fourth-order valence-corrected chi connectivity index (χ4v) is 5.39. The van der Waals surface area contributed by atoms with Crippen molar-refractivity contribution in [2.45, 2.75) is 32.1 Å². The predicted octanol–water partition coefficient (Wildman–Crippen LogP) is 6.10. The first-order valence-corrected chi connectivity index (χ1v) is 12.5. The van der Waals surface area contributed by atoms with E-state index in [-0.39, 0.29) is 22.7 Å². The standard InChI is InChI=1S/C27H22F2O.C6H7N/c1-27(2)15-18(26(30)17-8-12-24(28)25(29)14-17)13-22-21-9-7-16-5-3-4-6-19(16)20(21)10-11-23(22)27;1-2-4-6-7-5-3-1/h3-6,8-14,18H,7,15H2,1-2H3;1-7H. The van der Waals surface area contributed by atoms with Crippen molar-refractivity contribution in [1.29, 1.82) is 0 Å². The molecule has 1 aliphatic heterocycles. The van der Waals surface area contributed by atoms with Crippen molar-refractivity contribution < 1.29 is 13.6 Å². The van der Waals surface area contributed by atoms with Gasteiger partial charge in [0.05, 0.1) is 0 Å². The van der Waals surface area contributed by atoms with Crippen LogP contribution in [0.2, 0.25) is 0 Å². The van der Waals surface area contributed by atoms with Gasteiger partial charge in [-0.05, 0) is 81.3 Å². The first-order chi connectivity index (χ1) is 17.8. The highest BCUT2D eigenvalue weighted by Crippen LogP contribution is 2.35. The highest BCUT2D eigenvalue weighted by Gasteiger charge is 2.34. The summed E-state index contributed by atoms with van der Waals surface area (Å²) in [5, 5.41) is 5.19. The van der Waals surface area contributed by atoms with Crippen molar-refractivity contribution in [2.75, 3.05) is 0 Å². The third kappa shape index (κ3) is 4.97. The SMILES string of the molecule is C1=CC=CNC=C1.CC1(C)CC(C(=O)c2ccc(F)c(F)c2)C=c2c1ccc1c2=CCc2ccccc2-1. The van der Waals surface area contributed by atoms with Gasteiger partial charge in [0.1, 0.15) is 0 Å². The van der Waals surface area contributed by atoms with Gasteiger partial charge in [0, 0.05) is 23.9 Å². The Kier molecular flexibility index (Phi) is 6.75. The summed E-state index contributed by atoms with van der Waals surface area (Å²) < 4.78 is 27.1. The molecule has 1 N–H and O–H groups in total. The number of ketones is 1. The molecule has 37 heavy (non-hydrogen) atoms. The van der Waals surface area contributed by atoms with E-state index in [9.17, 15) is 13.6 Å². The van der Waals surface area contributed by atoms with Crippen LogP contribution in [0, 0.1) is 17.6 Å². The molecule has 0 radical (unpaired) electrons. The average Bonchev–Trinajstić information content (AvgIpc) is 3.23. The number of rotatable bonds is 2. The molecule has 2 nitrogen and oxygen atoms in total. The summed E-state index contributed by atoms with van der Waals surface area (Å²) in [6.07, 6.45) is 17.3. The van der Waals surface area contributed by atoms with E-state index in [1.807, 2.05) is 42.8 Å². The number of halogens is 2. The summed E-state index contributed by atoms with van der Waals surface area (Å²) in [4.78, 5) is 13.2. The summed E-state index contributed by atoms with van der Waals surface area (Å²) >= 11 is 0. The Labute approximate surface area is 216 Å². The van der Waals surface area contributed by atoms with Gasteiger partial charge < -0.3 is 5.32 Å². The van der Waals surface area contributed by atoms with Crippen molar-refractivity contribution >= 4 is 17.9 Å². The zero-order valence-corrected chi connectivity index (χ0v) is 21.0. The first kappa shape index (κ1) is 24.6. The summed E-state index contributed by atoms with van der Waals surface area (Å²) in [5.74, 6) is -2.47. The minimum Gasteiger partial charge on any atom is -0.368 e. The molecule has 0 amide bonds. The third-order valence-corrected chi connectivity index (χ3v) is 7.21. The second kappa shape index (κ2) is 10.1. The van der Waals surface area contributed by atoms with E-state index in [1.54, 1.807) is 0 Å². The maximum atomic E-state index is 13.7. The Morgan fingerprint density at radius 2 is 1.62 bits per heavy atom. The number of fused-ring (bicyclic) bond motifs is 5. The number of allylic oxidation sites excluding steroid dienone is 4. The fourth-order valence-electron chi connectivity index (χ4n) is 5.39. The molecule has 4 heteroatoms. The smallest absolute Gasteiger partial charge is 0.169 e. The lowest BCUT2D eigenvalue weighted by atomic mass is 9.69. The van der Waals surface area contributed by atoms with Crippen LogP contribution in [0.3, 0.4) is 0 Å². The zero-order valence-electron chi connectivity index (χ0n) is 21.0. The van der Waals surface area contributed by atoms with Gasteiger partial charge in [-0.25, -0.2) is 8.78 Å². The quantitative estimate of drug-likeness (QED) is 0.437. The summed E-state index contributed by atoms with van der Waals surface area (Å²) in [7, 11) is 0. The molecule has 0 fully saturated rings. The number of nitrogens with one attached hydrogen (secondary N) is 1. The second-order valence-corrected chi connectivity index (χ2v) is 10.2. The number of hydrogen-bond acceptors (Lipinski definition) is 2. The van der Waals surface area contributed by atoms with Crippen LogP contribution >= 0.6 is 0 Å². The highest BCUT2D eigenvalue weighted by molar-refractivity contribution is 6.01. The largest absolute Gasteiger partial charge is 0.368 e. The van der Waals surface area contributed by atoms with Gasteiger partial charge >= 0.3 is 0 Å². The molecule has 3 aromatic carbocycles. The molecule has 0 spiro atoms. The van der Waals surface area contributed by atoms with Crippen LogP contribution in [-0.2, 0) is 11.8 Å². The molecule has 0 bridgehead atoms. The molecule has 3 aromatic rings. The molecular formula is C33H29F2NO. The molecule has 3 aliphatic rings. The van der Waals surface area contributed by atoms with Gasteiger partial charge in [0.15, 0.2) is 17.4 Å². The first-order valence-electron chi connectivity index (χ1n) is 12.5. The van der Waals surface area contributed by atoms with E-state index in [2.05, 4.69) is 61.6 Å². The van der Waals surface area contributed by atoms with Crippen LogP contribution in [0.25, 0.3) is 23.3 Å². The van der Waals surface area contributed by atoms with Crippen molar-refractivity contribution in [3.05, 3.63) is 130 Å². The highest BCUT2D eigenvalue weighted by atomic mass is 19.2. The van der Waals surface area contributed by atoms with Crippen LogP contribution in [0.1, 0.15) is 41.8 Å². The molecule has 2 aliphatic carbocycles. The Morgan fingerprint density at radius 3 is 2.38 bits per heavy atom. The zero-order chi connectivity index (χ0) is 26.0. The van der Waals surface area contributed by atoms with Gasteiger partial charge in [-0.2, -0.15) is 0 Å². The average molecular weight is 494 g/mol. The maximum Gasteiger partial charge on any atom is 0.169 e. The monoisotopic (exact) mass is 493 g/mol. The lowest BCUT2D eigenvalue weighted by molar-refractivity contribution is 0.0933. The van der Waals surface area contributed by atoms with Gasteiger partial charge in [-0.1, -0.05) is 74.5 Å². The van der Waals surface area contributed by atoms with E-state index in [0.29, 0.717) is 6.42 Å². The van der Waals surface area contributed by atoms with E-state index >= 15 is 0 Å². The van der Waals surface area contributed by atoms with Gasteiger partial charge in [-0.15, -0.1) is 0 Å². The Bertz CT molecular complexity index is 1560. The molecule has 1 atom stereocenters. The maximum absolute atomic E-state index is 13.7. The summed E-state index contributed by atoms with van der Waals surface area (Å²) in [6, 6.07) is 16.2. The van der Waals surface area contributed by atoms with Crippen molar-refractivity contribution in [1.82, 2.24) is 5.32 Å². The van der Waals surface area contributed by atoms with Crippen molar-refractivity contribution in [2.24, 2.45) is 5.92 Å². The number of Topliss-reactive ketones (excluding diaryl/α,β-unsaturated/α-hetero) is 1. The normalized spacial score (nSPS) is 17.9. The number of hydrogen-bond donors (Lipinski definition) is 1. The molecular weight excluding hydrogens is 464 g/mol. The topological polar surface area (TPSA) is 29.1 Å². The summed E-state index contributed by atoms with van der Waals surface area (Å²) in [6.45, 7) is 4.29. The predicted molar refractivity (Wildman–Crippen MR) is 146 cm³/mol. The van der Waals surface area contributed by atoms with Gasteiger partial charge in [0.2, 0.25) is 0 Å². The van der Waals surface area contributed by atoms with Crippen LogP contribution < -0.4 is 15.8 Å². The van der Waals surface area contributed by atoms with E-state index in [0.717, 1.165) is 23.8 Å². The van der Waals surface area contributed by atoms with E-state index < -0.39 is 11.6 Å². The molecule has 6 rings (SSSR count). The Balaban J connectivity index is 0.000000348. The summed E-state index contributed by atoms with van der Waals surface area (Å²) in [5.41, 5.74) is 4.96. The number of carbonyl (C=O) groups excluding carboxylic acids is 1. The Morgan fingerprint density at radius 1 is 0.865 bits per heavy atom. The van der Waals surface area contributed by atoms with Gasteiger partial charge in [-0.3, -0.25) is 4.79 Å². The van der Waals surface area contributed by atoms with Crippen LogP contribution in [0.15, 0.2) is 91.3 Å². The van der Waals surface area contributed by atoms with Gasteiger partial charge in [0.25, 0.3) is 0 Å². The Hall–Kier alpha value is -4.05. The fraction of sp³-hybridized carbons (Fsp3) is 0.182. The minimum absolute atomic E-state index is 0.165. The second-order valence-electron chi connectivity index (χ2n) is 10.2. The minimum atomic E-state index is -0.987. The molecule has 1 heterocycles. The van der Waals surface area contributed by atoms with E-state index in [1.165, 1.54) is 33.5 Å².